The Hall–Kier alpha value is -0.760. The van der Waals surface area contributed by atoms with Crippen molar-refractivity contribution in [3.8, 4) is 0 Å². The maximum absolute atomic E-state index is 5.63. The first-order chi connectivity index (χ1) is 7.65. The molecule has 1 unspecified atom stereocenters. The SMILES string of the molecule is Cc1cscc1C(NN)c1c(Br)nnn1C. The summed E-state index contributed by atoms with van der Waals surface area (Å²) in [6.45, 7) is 2.06. The van der Waals surface area contributed by atoms with Gasteiger partial charge in [-0.15, -0.1) is 5.10 Å². The van der Waals surface area contributed by atoms with Crippen LogP contribution >= 0.6 is 27.3 Å². The number of aryl methyl sites for hydroxylation is 2. The maximum Gasteiger partial charge on any atom is 0.153 e. The van der Waals surface area contributed by atoms with Crippen LogP contribution in [0.15, 0.2) is 15.4 Å². The molecule has 7 heteroatoms. The summed E-state index contributed by atoms with van der Waals surface area (Å²) in [4.78, 5) is 0. The van der Waals surface area contributed by atoms with Crippen LogP contribution in [0.25, 0.3) is 0 Å². The van der Waals surface area contributed by atoms with Gasteiger partial charge in [-0.3, -0.25) is 5.84 Å². The minimum Gasteiger partial charge on any atom is -0.271 e. The molecule has 2 rings (SSSR count). The predicted molar refractivity (Wildman–Crippen MR) is 66.9 cm³/mol. The van der Waals surface area contributed by atoms with Crippen molar-refractivity contribution in [2.75, 3.05) is 0 Å². The van der Waals surface area contributed by atoms with Crippen LogP contribution in [-0.4, -0.2) is 15.0 Å². The van der Waals surface area contributed by atoms with Gasteiger partial charge >= 0.3 is 0 Å². The van der Waals surface area contributed by atoms with Crippen molar-refractivity contribution in [2.24, 2.45) is 12.9 Å². The molecule has 0 radical (unpaired) electrons. The molecule has 2 heterocycles. The van der Waals surface area contributed by atoms with Crippen LogP contribution in [0.2, 0.25) is 0 Å². The highest BCUT2D eigenvalue weighted by Crippen LogP contribution is 2.29. The summed E-state index contributed by atoms with van der Waals surface area (Å²) < 4.78 is 2.43. The van der Waals surface area contributed by atoms with Crippen molar-refractivity contribution in [1.82, 2.24) is 20.4 Å². The Bertz CT molecular complexity index is 472. The van der Waals surface area contributed by atoms with Crippen LogP contribution in [0.5, 0.6) is 0 Å². The molecule has 0 amide bonds. The Morgan fingerprint density at radius 3 is 2.75 bits per heavy atom. The molecule has 16 heavy (non-hydrogen) atoms. The van der Waals surface area contributed by atoms with Crippen molar-refractivity contribution >= 4 is 27.3 Å². The van der Waals surface area contributed by atoms with E-state index < -0.39 is 0 Å². The van der Waals surface area contributed by atoms with Crippen molar-refractivity contribution in [3.05, 3.63) is 32.2 Å². The Kier molecular flexibility index (Phi) is 3.38. The number of rotatable bonds is 3. The van der Waals surface area contributed by atoms with Gasteiger partial charge in [-0.25, -0.2) is 10.1 Å². The minimum absolute atomic E-state index is 0.0966. The Morgan fingerprint density at radius 1 is 1.56 bits per heavy atom. The summed E-state index contributed by atoms with van der Waals surface area (Å²) in [5, 5.41) is 12.1. The van der Waals surface area contributed by atoms with Gasteiger partial charge in [0, 0.05) is 7.05 Å². The van der Waals surface area contributed by atoms with Crippen LogP contribution in [-0.2, 0) is 7.05 Å². The van der Waals surface area contributed by atoms with Gasteiger partial charge in [-0.2, -0.15) is 11.3 Å². The molecule has 0 saturated heterocycles. The zero-order valence-corrected chi connectivity index (χ0v) is 11.3. The second kappa shape index (κ2) is 4.62. The van der Waals surface area contributed by atoms with Crippen molar-refractivity contribution in [2.45, 2.75) is 13.0 Å². The number of nitrogens with two attached hydrogens (primary N) is 1. The van der Waals surface area contributed by atoms with E-state index in [9.17, 15) is 0 Å². The number of aromatic nitrogens is 3. The fourth-order valence-corrected chi connectivity index (χ4v) is 3.06. The van der Waals surface area contributed by atoms with Crippen LogP contribution in [0.3, 0.4) is 0 Å². The number of thiophene rings is 1. The third-order valence-corrected chi connectivity index (χ3v) is 3.92. The third kappa shape index (κ3) is 1.91. The van der Waals surface area contributed by atoms with E-state index in [1.54, 1.807) is 16.0 Å². The molecule has 5 nitrogen and oxygen atoms in total. The monoisotopic (exact) mass is 301 g/mol. The molecule has 0 saturated carbocycles. The number of hydrazine groups is 1. The van der Waals surface area contributed by atoms with Crippen molar-refractivity contribution in [3.63, 3.8) is 0 Å². The van der Waals surface area contributed by atoms with E-state index in [4.69, 9.17) is 5.84 Å². The molecule has 1 atom stereocenters. The van der Waals surface area contributed by atoms with Gasteiger partial charge in [0.1, 0.15) is 0 Å². The second-order valence-corrected chi connectivity index (χ2v) is 4.99. The normalized spacial score (nSPS) is 13.0. The molecule has 0 aliphatic heterocycles. The number of nitrogens with zero attached hydrogens (tertiary/aromatic N) is 3. The third-order valence-electron chi connectivity index (χ3n) is 2.47. The van der Waals surface area contributed by atoms with E-state index in [1.807, 2.05) is 7.05 Å². The van der Waals surface area contributed by atoms with Crippen LogP contribution in [0, 0.1) is 6.92 Å². The summed E-state index contributed by atoms with van der Waals surface area (Å²) in [6, 6.07) is -0.0966. The molecule has 86 valence electrons. The smallest absolute Gasteiger partial charge is 0.153 e. The van der Waals surface area contributed by atoms with Gasteiger partial charge < -0.3 is 0 Å². The molecule has 0 spiro atoms. The first kappa shape index (κ1) is 11.7. The highest BCUT2D eigenvalue weighted by atomic mass is 79.9. The van der Waals surface area contributed by atoms with Crippen molar-refractivity contribution in [1.29, 1.82) is 0 Å². The number of nitrogens with one attached hydrogen (secondary N) is 1. The first-order valence-corrected chi connectivity index (χ1v) is 6.42. The van der Waals surface area contributed by atoms with Crippen LogP contribution in [0.1, 0.15) is 22.9 Å². The first-order valence-electron chi connectivity index (χ1n) is 4.69. The highest BCUT2D eigenvalue weighted by Gasteiger charge is 2.22. The van der Waals surface area contributed by atoms with E-state index >= 15 is 0 Å². The average molecular weight is 302 g/mol. The summed E-state index contributed by atoms with van der Waals surface area (Å²) in [5.74, 6) is 5.63. The number of hydrogen-bond acceptors (Lipinski definition) is 5. The predicted octanol–water partition coefficient (Wildman–Crippen LogP) is 1.50. The number of hydrogen-bond donors (Lipinski definition) is 2. The standard InChI is InChI=1S/C9H12BrN5S/c1-5-3-16-4-6(5)7(12-11)8-9(10)13-14-15(8)2/h3-4,7,12H,11H2,1-2H3. The molecule has 0 aliphatic rings. The molecule has 0 aromatic carbocycles. The van der Waals surface area contributed by atoms with Crippen LogP contribution in [0.4, 0.5) is 0 Å². The zero-order chi connectivity index (χ0) is 11.7. The van der Waals surface area contributed by atoms with E-state index in [2.05, 4.69) is 49.4 Å². The van der Waals surface area contributed by atoms with Crippen molar-refractivity contribution < 1.29 is 0 Å². The minimum atomic E-state index is -0.0966. The molecule has 2 aromatic rings. The van der Waals surface area contributed by atoms with E-state index in [0.717, 1.165) is 11.3 Å². The topological polar surface area (TPSA) is 68.8 Å². The largest absolute Gasteiger partial charge is 0.271 e. The molecule has 0 bridgehead atoms. The lowest BCUT2D eigenvalue weighted by molar-refractivity contribution is 0.568. The van der Waals surface area contributed by atoms with Gasteiger partial charge in [-0.1, -0.05) is 5.21 Å². The molecule has 0 fully saturated rings. The maximum atomic E-state index is 5.63. The van der Waals surface area contributed by atoms with Gasteiger partial charge in [0.15, 0.2) is 4.60 Å². The Balaban J connectivity index is 2.49. The van der Waals surface area contributed by atoms with Crippen LogP contribution < -0.4 is 11.3 Å². The van der Waals surface area contributed by atoms with E-state index in [-0.39, 0.29) is 6.04 Å². The summed E-state index contributed by atoms with van der Waals surface area (Å²) in [5.41, 5.74) is 6.09. The zero-order valence-electron chi connectivity index (χ0n) is 8.94. The summed E-state index contributed by atoms with van der Waals surface area (Å²) >= 11 is 5.04. The molecule has 2 aromatic heterocycles. The van der Waals surface area contributed by atoms with Gasteiger partial charge in [0.2, 0.25) is 0 Å². The second-order valence-electron chi connectivity index (χ2n) is 3.50. The molecule has 3 N–H and O–H groups in total. The number of halogens is 1. The average Bonchev–Trinajstić information content (AvgIpc) is 2.80. The lowest BCUT2D eigenvalue weighted by Gasteiger charge is -2.16. The molecular formula is C9H12BrN5S. The van der Waals surface area contributed by atoms with Gasteiger partial charge in [-0.05, 0) is 44.7 Å². The fourth-order valence-electron chi connectivity index (χ4n) is 1.63. The lowest BCUT2D eigenvalue weighted by atomic mass is 10.0. The van der Waals surface area contributed by atoms with Gasteiger partial charge in [0.25, 0.3) is 0 Å². The lowest BCUT2D eigenvalue weighted by Crippen LogP contribution is -2.30. The Labute approximate surface area is 106 Å². The molecular weight excluding hydrogens is 290 g/mol. The van der Waals surface area contributed by atoms with E-state index in [0.29, 0.717) is 4.60 Å². The highest BCUT2D eigenvalue weighted by molar-refractivity contribution is 9.10. The Morgan fingerprint density at radius 2 is 2.31 bits per heavy atom. The van der Waals surface area contributed by atoms with E-state index in [1.165, 1.54) is 5.56 Å². The fraction of sp³-hybridized carbons (Fsp3) is 0.333. The quantitative estimate of drug-likeness (QED) is 0.666. The van der Waals surface area contributed by atoms with Gasteiger partial charge in [0.05, 0.1) is 11.7 Å². The molecule has 0 aliphatic carbocycles. The summed E-state index contributed by atoms with van der Waals surface area (Å²) in [6.07, 6.45) is 0. The summed E-state index contributed by atoms with van der Waals surface area (Å²) in [7, 11) is 1.85.